The van der Waals surface area contributed by atoms with E-state index in [2.05, 4.69) is 41.4 Å². The third-order valence-electron chi connectivity index (χ3n) is 5.72. The topological polar surface area (TPSA) is 88.5 Å². The highest BCUT2D eigenvalue weighted by Crippen LogP contribution is 2.40. The fourth-order valence-electron chi connectivity index (χ4n) is 4.02. The highest BCUT2D eigenvalue weighted by molar-refractivity contribution is 6.43. The van der Waals surface area contributed by atoms with Crippen molar-refractivity contribution in [3.8, 4) is 0 Å². The minimum absolute atomic E-state index is 0.174. The molecule has 2 aromatic rings. The van der Waals surface area contributed by atoms with Crippen LogP contribution < -0.4 is 15.5 Å². The van der Waals surface area contributed by atoms with Gasteiger partial charge in [-0.3, -0.25) is 9.59 Å². The van der Waals surface area contributed by atoms with Crippen LogP contribution in [0.1, 0.15) is 39.7 Å². The third kappa shape index (κ3) is 4.64. The van der Waals surface area contributed by atoms with Crippen LogP contribution in [0.2, 0.25) is 0 Å². The van der Waals surface area contributed by atoms with Gasteiger partial charge in [0.25, 0.3) is 0 Å². The van der Waals surface area contributed by atoms with Crippen molar-refractivity contribution in [1.29, 1.82) is 0 Å². The molecule has 2 heterocycles. The molecule has 2 N–H and O–H groups in total. The van der Waals surface area contributed by atoms with Gasteiger partial charge in [0, 0.05) is 30.5 Å². The molecule has 0 radical (unpaired) electrons. The molecule has 1 unspecified atom stereocenters. The Bertz CT molecular complexity index is 896. The molecule has 3 atom stereocenters. The van der Waals surface area contributed by atoms with E-state index in [1.165, 1.54) is 12.8 Å². The van der Waals surface area contributed by atoms with Crippen LogP contribution in [0, 0.1) is 5.92 Å². The Labute approximate surface area is 176 Å². The van der Waals surface area contributed by atoms with E-state index in [-0.39, 0.29) is 18.2 Å². The molecule has 2 fully saturated rings. The number of benzene rings is 1. The lowest BCUT2D eigenvalue weighted by atomic mass is 10.2. The zero-order chi connectivity index (χ0) is 21.3. The lowest BCUT2D eigenvalue weighted by molar-refractivity contribution is -0.133. The van der Waals surface area contributed by atoms with E-state index in [0.29, 0.717) is 17.4 Å². The second-order valence-electron chi connectivity index (χ2n) is 8.36. The summed E-state index contributed by atoms with van der Waals surface area (Å²) in [6, 6.07) is 9.44. The van der Waals surface area contributed by atoms with E-state index in [1.807, 2.05) is 24.3 Å². The predicted octanol–water partition coefficient (Wildman–Crippen LogP) is 3.04. The summed E-state index contributed by atoms with van der Waals surface area (Å²) >= 11 is 0. The van der Waals surface area contributed by atoms with Gasteiger partial charge in [0.1, 0.15) is 5.82 Å². The molecular formula is C22H29N5O3. The smallest absolute Gasteiger partial charge is 0.315 e. The maximum atomic E-state index is 12.4. The second kappa shape index (κ2) is 8.47. The Morgan fingerprint density at radius 1 is 1.03 bits per heavy atom. The number of hydrogen-bond acceptors (Lipinski definition) is 5. The van der Waals surface area contributed by atoms with Crippen molar-refractivity contribution in [3.63, 3.8) is 0 Å². The number of amides is 2. The Morgan fingerprint density at radius 3 is 2.30 bits per heavy atom. The number of carbonyl (C=O) groups excluding carboxylic acids is 2. The van der Waals surface area contributed by atoms with Crippen molar-refractivity contribution in [2.75, 3.05) is 28.6 Å². The normalized spacial score (nSPS) is 22.4. The number of carbonyl (C=O) groups is 2. The van der Waals surface area contributed by atoms with Crippen LogP contribution in [0.3, 0.4) is 0 Å². The number of ether oxygens (including phenoxy) is 1. The van der Waals surface area contributed by atoms with Crippen LogP contribution in [0.5, 0.6) is 0 Å². The molecule has 1 aromatic carbocycles. The molecular weight excluding hydrogens is 382 g/mol. The van der Waals surface area contributed by atoms with Crippen molar-refractivity contribution in [1.82, 2.24) is 9.78 Å². The zero-order valence-electron chi connectivity index (χ0n) is 17.7. The van der Waals surface area contributed by atoms with Gasteiger partial charge in [0.2, 0.25) is 0 Å². The summed E-state index contributed by atoms with van der Waals surface area (Å²) < 4.78 is 7.55. The highest BCUT2D eigenvalue weighted by Gasteiger charge is 2.31. The van der Waals surface area contributed by atoms with Crippen molar-refractivity contribution in [2.24, 2.45) is 5.92 Å². The van der Waals surface area contributed by atoms with Crippen LogP contribution in [0.4, 0.5) is 17.2 Å². The lowest BCUT2D eigenvalue weighted by Crippen LogP contribution is -2.45. The van der Waals surface area contributed by atoms with Gasteiger partial charge in [-0.15, -0.1) is 0 Å². The minimum atomic E-state index is -0.709. The summed E-state index contributed by atoms with van der Waals surface area (Å²) in [7, 11) is 0. The molecule has 1 saturated carbocycles. The molecule has 30 heavy (non-hydrogen) atoms. The SMILES string of the molecule is CC(C1CC1)n1nccc1NC(=O)C(=O)Nc1ccc(N2C[C@@H](C)O[C@@H](C)C2)cc1. The summed E-state index contributed by atoms with van der Waals surface area (Å²) in [5.74, 6) is -0.284. The van der Waals surface area contributed by atoms with Crippen molar-refractivity contribution in [3.05, 3.63) is 36.5 Å². The molecule has 1 aliphatic heterocycles. The molecule has 8 heteroatoms. The van der Waals surface area contributed by atoms with Gasteiger partial charge in [-0.05, 0) is 63.8 Å². The standard InChI is InChI=1S/C22H29N5O3/c1-14-12-26(13-15(2)30-14)19-8-6-18(7-9-19)24-21(28)22(29)25-20-10-11-23-27(20)16(3)17-4-5-17/h6-11,14-17H,4-5,12-13H2,1-3H3,(H,24,28)(H,25,29)/t14-,15+,16?. The first-order chi connectivity index (χ1) is 14.4. The number of anilines is 3. The summed E-state index contributed by atoms with van der Waals surface area (Å²) in [5.41, 5.74) is 1.64. The minimum Gasteiger partial charge on any atom is -0.372 e. The molecule has 160 valence electrons. The van der Waals surface area contributed by atoms with E-state index in [1.54, 1.807) is 16.9 Å². The van der Waals surface area contributed by atoms with Gasteiger partial charge < -0.3 is 20.3 Å². The monoisotopic (exact) mass is 411 g/mol. The Balaban J connectivity index is 1.35. The maximum absolute atomic E-state index is 12.4. The summed E-state index contributed by atoms with van der Waals surface area (Å²) in [4.78, 5) is 27.0. The van der Waals surface area contributed by atoms with Crippen LogP contribution in [0.25, 0.3) is 0 Å². The Morgan fingerprint density at radius 2 is 1.67 bits per heavy atom. The highest BCUT2D eigenvalue weighted by atomic mass is 16.5. The number of nitrogens with zero attached hydrogens (tertiary/aromatic N) is 3. The van der Waals surface area contributed by atoms with E-state index in [0.717, 1.165) is 18.8 Å². The molecule has 0 bridgehead atoms. The van der Waals surface area contributed by atoms with Gasteiger partial charge in [0.15, 0.2) is 0 Å². The third-order valence-corrected chi connectivity index (χ3v) is 5.72. The molecule has 8 nitrogen and oxygen atoms in total. The van der Waals surface area contributed by atoms with E-state index in [9.17, 15) is 9.59 Å². The molecule has 2 aliphatic rings. The van der Waals surface area contributed by atoms with E-state index in [4.69, 9.17) is 4.74 Å². The van der Waals surface area contributed by atoms with E-state index < -0.39 is 11.8 Å². The number of hydrogen-bond donors (Lipinski definition) is 2. The number of aromatic nitrogens is 2. The zero-order valence-corrected chi connectivity index (χ0v) is 17.7. The summed E-state index contributed by atoms with van der Waals surface area (Å²) in [6.07, 6.45) is 4.33. The van der Waals surface area contributed by atoms with E-state index >= 15 is 0 Å². The number of rotatable bonds is 5. The molecule has 1 saturated heterocycles. The molecule has 1 aromatic heterocycles. The van der Waals surface area contributed by atoms with Gasteiger partial charge in [0.05, 0.1) is 24.4 Å². The quantitative estimate of drug-likeness (QED) is 0.739. The first-order valence-corrected chi connectivity index (χ1v) is 10.6. The average Bonchev–Trinajstić information content (AvgIpc) is 3.46. The van der Waals surface area contributed by atoms with Gasteiger partial charge in [-0.1, -0.05) is 0 Å². The second-order valence-corrected chi connectivity index (χ2v) is 8.36. The number of morpholine rings is 1. The summed E-state index contributed by atoms with van der Waals surface area (Å²) in [6.45, 7) is 7.86. The van der Waals surface area contributed by atoms with Gasteiger partial charge in [-0.2, -0.15) is 5.10 Å². The van der Waals surface area contributed by atoms with Crippen LogP contribution in [0.15, 0.2) is 36.5 Å². The molecule has 2 amide bonds. The van der Waals surface area contributed by atoms with Crippen molar-refractivity contribution in [2.45, 2.75) is 51.9 Å². The van der Waals surface area contributed by atoms with Crippen molar-refractivity contribution < 1.29 is 14.3 Å². The predicted molar refractivity (Wildman–Crippen MR) is 116 cm³/mol. The van der Waals surface area contributed by atoms with Crippen LogP contribution >= 0.6 is 0 Å². The average molecular weight is 412 g/mol. The first-order valence-electron chi connectivity index (χ1n) is 10.6. The fraction of sp³-hybridized carbons (Fsp3) is 0.500. The van der Waals surface area contributed by atoms with Crippen LogP contribution in [-0.2, 0) is 14.3 Å². The first kappa shape index (κ1) is 20.4. The molecule has 0 spiro atoms. The van der Waals surface area contributed by atoms with Gasteiger partial charge >= 0.3 is 11.8 Å². The lowest BCUT2D eigenvalue weighted by Gasteiger charge is -2.36. The van der Waals surface area contributed by atoms with Crippen LogP contribution in [-0.4, -0.2) is 46.9 Å². The van der Waals surface area contributed by atoms with Crippen molar-refractivity contribution >= 4 is 29.0 Å². The largest absolute Gasteiger partial charge is 0.372 e. The summed E-state index contributed by atoms with van der Waals surface area (Å²) in [5, 5.41) is 9.63. The fourth-order valence-corrected chi connectivity index (χ4v) is 4.02. The Kier molecular flexibility index (Phi) is 5.76. The maximum Gasteiger partial charge on any atom is 0.315 e. The molecule has 1 aliphatic carbocycles. The van der Waals surface area contributed by atoms with Gasteiger partial charge in [-0.25, -0.2) is 4.68 Å². The molecule has 4 rings (SSSR count). The number of nitrogens with one attached hydrogen (secondary N) is 2. The Hall–Kier alpha value is -2.87.